The van der Waals surface area contributed by atoms with Crippen molar-refractivity contribution in [2.45, 2.75) is 10.9 Å². The van der Waals surface area contributed by atoms with Gasteiger partial charge in [-0.25, -0.2) is 13.2 Å². The van der Waals surface area contributed by atoms with E-state index in [1.165, 1.54) is 11.3 Å². The molecule has 2 heterocycles. The number of sulfonamides is 1. The summed E-state index contributed by atoms with van der Waals surface area (Å²) in [7, 11) is -4.25. The van der Waals surface area contributed by atoms with Crippen LogP contribution in [0, 0.1) is 10.1 Å². The molecule has 11 heteroatoms. The van der Waals surface area contributed by atoms with E-state index >= 15 is 0 Å². The van der Waals surface area contributed by atoms with Gasteiger partial charge in [0.1, 0.15) is 12.4 Å². The Morgan fingerprint density at radius 2 is 2.00 bits per heavy atom. The van der Waals surface area contributed by atoms with Crippen LogP contribution in [0.25, 0.3) is 5.76 Å². The summed E-state index contributed by atoms with van der Waals surface area (Å²) in [6, 6.07) is 4.51. The molecule has 1 aliphatic heterocycles. The lowest BCUT2D eigenvalue weighted by atomic mass is 10.2. The van der Waals surface area contributed by atoms with Crippen molar-refractivity contribution < 1.29 is 28.0 Å². The lowest BCUT2D eigenvalue weighted by Crippen LogP contribution is -2.46. The zero-order chi connectivity index (χ0) is 18.9. The molecule has 0 saturated carbocycles. The highest BCUT2D eigenvalue weighted by atomic mass is 32.2. The number of carboxylic acids is 1. The molecule has 1 aliphatic rings. The van der Waals surface area contributed by atoms with Gasteiger partial charge in [-0.2, -0.15) is 11.3 Å². The zero-order valence-corrected chi connectivity index (χ0v) is 14.6. The Hall–Kier alpha value is -2.92. The van der Waals surface area contributed by atoms with Crippen LogP contribution in [0.4, 0.5) is 5.69 Å². The Kier molecular flexibility index (Phi) is 4.66. The normalized spacial score (nSPS) is 17.3. The van der Waals surface area contributed by atoms with Gasteiger partial charge in [-0.15, -0.1) is 0 Å². The van der Waals surface area contributed by atoms with E-state index in [1.54, 1.807) is 16.8 Å². The highest BCUT2D eigenvalue weighted by Crippen LogP contribution is 2.29. The highest BCUT2D eigenvalue weighted by Gasteiger charge is 2.38. The summed E-state index contributed by atoms with van der Waals surface area (Å²) >= 11 is 1.38. The predicted octanol–water partition coefficient (Wildman–Crippen LogP) is 2.13. The van der Waals surface area contributed by atoms with Gasteiger partial charge in [0.2, 0.25) is 0 Å². The van der Waals surface area contributed by atoms with Crippen LogP contribution in [0.3, 0.4) is 0 Å². The van der Waals surface area contributed by atoms with Crippen molar-refractivity contribution in [1.82, 2.24) is 4.31 Å². The minimum absolute atomic E-state index is 0.231. The smallest absolute Gasteiger partial charge is 0.331 e. The van der Waals surface area contributed by atoms with Crippen LogP contribution >= 0.6 is 11.3 Å². The molecule has 1 aromatic heterocycles. The third-order valence-corrected chi connectivity index (χ3v) is 6.13. The number of hydrogen-bond acceptors (Lipinski definition) is 7. The van der Waals surface area contributed by atoms with Gasteiger partial charge in [-0.3, -0.25) is 14.4 Å². The third kappa shape index (κ3) is 3.26. The van der Waals surface area contributed by atoms with Gasteiger partial charge in [0.25, 0.3) is 15.7 Å². The van der Waals surface area contributed by atoms with Crippen molar-refractivity contribution in [3.05, 3.63) is 63.0 Å². The quantitative estimate of drug-likeness (QED) is 0.606. The fourth-order valence-electron chi connectivity index (χ4n) is 2.33. The second-order valence-corrected chi connectivity index (χ2v) is 7.88. The summed E-state index contributed by atoms with van der Waals surface area (Å²) in [6.45, 7) is -0.358. The number of ether oxygens (including phenoxy) is 1. The molecule has 1 aromatic carbocycles. The summed E-state index contributed by atoms with van der Waals surface area (Å²) in [4.78, 5) is 21.3. The molecule has 9 nitrogen and oxygen atoms in total. The first kappa shape index (κ1) is 17.9. The lowest BCUT2D eigenvalue weighted by Gasteiger charge is -2.31. The number of rotatable bonds is 5. The number of aliphatic carboxylic acids is 1. The van der Waals surface area contributed by atoms with E-state index in [0.29, 0.717) is 9.87 Å². The van der Waals surface area contributed by atoms with Gasteiger partial charge in [-0.05, 0) is 23.6 Å². The fourth-order valence-corrected chi connectivity index (χ4v) is 4.42. The number of nitro benzene ring substituents is 1. The number of non-ortho nitro benzene ring substituents is 1. The molecule has 0 saturated heterocycles. The molecule has 0 radical (unpaired) electrons. The maximum atomic E-state index is 12.9. The number of carboxylic acid groups (broad SMARTS) is 1. The Morgan fingerprint density at radius 1 is 1.31 bits per heavy atom. The van der Waals surface area contributed by atoms with Crippen LogP contribution in [-0.4, -0.2) is 41.4 Å². The largest absolute Gasteiger partial charge is 0.489 e. The van der Waals surface area contributed by atoms with E-state index in [4.69, 9.17) is 4.74 Å². The number of hydrogen-bond donors (Lipinski definition) is 1. The van der Waals surface area contributed by atoms with E-state index in [2.05, 4.69) is 0 Å². The zero-order valence-electron chi connectivity index (χ0n) is 13.0. The van der Waals surface area contributed by atoms with Crippen LogP contribution in [0.15, 0.2) is 52.2 Å². The standard InChI is InChI=1S/C15H12N2O7S2/c18-15(19)13-8-24-14(10-5-6-25-9-10)7-16(13)26(22,23)12-3-1-11(2-4-12)17(20)21/h1-7,9,13H,8H2,(H,18,19)/t13-/m0/s1. The average molecular weight is 396 g/mol. The van der Waals surface area contributed by atoms with Crippen molar-refractivity contribution in [1.29, 1.82) is 0 Å². The number of thiophene rings is 1. The van der Waals surface area contributed by atoms with Crippen LogP contribution in [-0.2, 0) is 19.6 Å². The van der Waals surface area contributed by atoms with Crippen LogP contribution < -0.4 is 0 Å². The molecular weight excluding hydrogens is 384 g/mol. The number of carbonyl (C=O) groups is 1. The Balaban J connectivity index is 2.04. The van der Waals surface area contributed by atoms with Crippen LogP contribution in [0.2, 0.25) is 0 Å². The Labute approximate surface area is 152 Å². The predicted molar refractivity (Wildman–Crippen MR) is 91.8 cm³/mol. The molecule has 0 bridgehead atoms. The first-order chi connectivity index (χ1) is 12.3. The topological polar surface area (TPSA) is 127 Å². The maximum absolute atomic E-state index is 12.9. The van der Waals surface area contributed by atoms with Crippen molar-refractivity contribution >= 4 is 38.8 Å². The first-order valence-electron chi connectivity index (χ1n) is 7.18. The summed E-state index contributed by atoms with van der Waals surface area (Å²) in [5.74, 6) is -1.13. The van der Waals surface area contributed by atoms with E-state index in [0.717, 1.165) is 30.5 Å². The average Bonchev–Trinajstić information content (AvgIpc) is 3.16. The van der Waals surface area contributed by atoms with Gasteiger partial charge in [0.05, 0.1) is 16.0 Å². The monoisotopic (exact) mass is 396 g/mol. The molecule has 0 unspecified atom stereocenters. The summed E-state index contributed by atoms with van der Waals surface area (Å²) < 4.78 is 31.9. The van der Waals surface area contributed by atoms with Crippen LogP contribution in [0.1, 0.15) is 5.56 Å². The number of nitrogens with zero attached hydrogens (tertiary/aromatic N) is 2. The van der Waals surface area contributed by atoms with Crippen molar-refractivity contribution in [2.75, 3.05) is 6.61 Å². The minimum Gasteiger partial charge on any atom is -0.489 e. The van der Waals surface area contributed by atoms with E-state index in [-0.39, 0.29) is 22.9 Å². The molecule has 3 rings (SSSR count). The molecule has 0 amide bonds. The van der Waals surface area contributed by atoms with Gasteiger partial charge in [-0.1, -0.05) is 0 Å². The molecule has 0 fully saturated rings. The molecular formula is C15H12N2O7S2. The van der Waals surface area contributed by atoms with E-state index < -0.39 is 27.0 Å². The second-order valence-electron chi connectivity index (χ2n) is 5.26. The van der Waals surface area contributed by atoms with E-state index in [1.807, 2.05) is 0 Å². The number of nitro groups is 1. The van der Waals surface area contributed by atoms with Crippen LogP contribution in [0.5, 0.6) is 0 Å². The van der Waals surface area contributed by atoms with Gasteiger partial charge in [0, 0.05) is 23.1 Å². The van der Waals surface area contributed by atoms with E-state index in [9.17, 15) is 28.4 Å². The SMILES string of the molecule is O=C(O)[C@@H]1COC(c2ccsc2)=CN1S(=O)(=O)c1ccc([N+](=O)[O-])cc1. The van der Waals surface area contributed by atoms with Gasteiger partial charge < -0.3 is 9.84 Å². The third-order valence-electron chi connectivity index (χ3n) is 3.66. The lowest BCUT2D eigenvalue weighted by molar-refractivity contribution is -0.384. The number of benzene rings is 1. The summed E-state index contributed by atoms with van der Waals surface area (Å²) in [5, 5.41) is 23.6. The molecule has 2 aromatic rings. The molecule has 1 atom stereocenters. The van der Waals surface area contributed by atoms with Crippen molar-refractivity contribution in [3.63, 3.8) is 0 Å². The molecule has 26 heavy (non-hydrogen) atoms. The molecule has 1 N–H and O–H groups in total. The Bertz CT molecular complexity index is 966. The second kappa shape index (κ2) is 6.77. The summed E-state index contributed by atoms with van der Waals surface area (Å²) in [6.07, 6.45) is 1.13. The van der Waals surface area contributed by atoms with Crippen molar-refractivity contribution in [2.24, 2.45) is 0 Å². The molecule has 136 valence electrons. The Morgan fingerprint density at radius 3 is 2.54 bits per heavy atom. The fraction of sp³-hybridized carbons (Fsp3) is 0.133. The molecule has 0 spiro atoms. The van der Waals surface area contributed by atoms with Gasteiger partial charge in [0.15, 0.2) is 6.04 Å². The molecule has 0 aliphatic carbocycles. The first-order valence-corrected chi connectivity index (χ1v) is 9.57. The van der Waals surface area contributed by atoms with Gasteiger partial charge >= 0.3 is 5.97 Å². The van der Waals surface area contributed by atoms with Crippen molar-refractivity contribution in [3.8, 4) is 0 Å². The maximum Gasteiger partial charge on any atom is 0.331 e. The highest BCUT2D eigenvalue weighted by molar-refractivity contribution is 7.89. The summed E-state index contributed by atoms with van der Waals surface area (Å²) in [5.41, 5.74) is 0.359. The minimum atomic E-state index is -4.25.